The van der Waals surface area contributed by atoms with E-state index in [9.17, 15) is 13.2 Å². The summed E-state index contributed by atoms with van der Waals surface area (Å²) in [5.41, 5.74) is 0.918. The quantitative estimate of drug-likeness (QED) is 0.567. The van der Waals surface area contributed by atoms with E-state index in [2.05, 4.69) is 27.6 Å². The van der Waals surface area contributed by atoms with Gasteiger partial charge in [0.25, 0.3) is 0 Å². The number of benzene rings is 1. The molecule has 27 heavy (non-hydrogen) atoms. The van der Waals surface area contributed by atoms with E-state index in [0.29, 0.717) is 17.5 Å². The molecule has 2 atom stereocenters. The predicted molar refractivity (Wildman–Crippen MR) is 119 cm³/mol. The zero-order valence-corrected chi connectivity index (χ0v) is 18.8. The summed E-state index contributed by atoms with van der Waals surface area (Å²) in [6.07, 6.45) is 6.43. The van der Waals surface area contributed by atoms with E-state index in [1.54, 1.807) is 0 Å². The molecule has 2 aliphatic heterocycles. The molecule has 146 valence electrons. The van der Waals surface area contributed by atoms with Crippen molar-refractivity contribution in [1.82, 2.24) is 0 Å². The van der Waals surface area contributed by atoms with Gasteiger partial charge in [-0.15, -0.1) is 0 Å². The number of carbonyl (C=O) groups is 1. The Kier molecular flexibility index (Phi) is 5.85. The maximum Gasteiger partial charge on any atom is 0.248 e. The number of carbonyl (C=O) groups excluding carboxylic acids is 1. The van der Waals surface area contributed by atoms with Gasteiger partial charge in [0, 0.05) is 20.9 Å². The van der Waals surface area contributed by atoms with Crippen molar-refractivity contribution in [3.8, 4) is 0 Å². The highest BCUT2D eigenvalue weighted by Crippen LogP contribution is 2.41. The van der Waals surface area contributed by atoms with Crippen LogP contribution in [0.25, 0.3) is 0 Å². The Morgan fingerprint density at radius 3 is 2.78 bits per heavy atom. The van der Waals surface area contributed by atoms with Gasteiger partial charge >= 0.3 is 0 Å². The first-order chi connectivity index (χ1) is 12.9. The van der Waals surface area contributed by atoms with Gasteiger partial charge < -0.3 is 4.90 Å². The van der Waals surface area contributed by atoms with E-state index in [1.165, 1.54) is 37.4 Å². The number of anilines is 1. The lowest BCUT2D eigenvalue weighted by Crippen LogP contribution is -2.37. The molecular formula is C19H23IN2O3S2. The van der Waals surface area contributed by atoms with Gasteiger partial charge in [0.2, 0.25) is 5.91 Å². The number of sulfone groups is 1. The number of hydrogen-bond donors (Lipinski definition) is 0. The highest BCUT2D eigenvalue weighted by Gasteiger charge is 2.49. The number of fused-ring (bicyclic) bond motifs is 1. The molecule has 3 fully saturated rings. The Bertz CT molecular complexity index is 865. The molecule has 1 amide bonds. The van der Waals surface area contributed by atoms with Crippen LogP contribution < -0.4 is 4.90 Å². The molecule has 2 saturated heterocycles. The minimum absolute atomic E-state index is 0.0470. The second-order valence-electron chi connectivity index (χ2n) is 7.63. The van der Waals surface area contributed by atoms with E-state index < -0.39 is 9.84 Å². The third-order valence-electron chi connectivity index (χ3n) is 5.61. The van der Waals surface area contributed by atoms with E-state index >= 15 is 0 Å². The van der Waals surface area contributed by atoms with E-state index in [4.69, 9.17) is 0 Å². The first kappa shape index (κ1) is 19.7. The van der Waals surface area contributed by atoms with Crippen molar-refractivity contribution in [2.24, 2.45) is 10.9 Å². The molecular weight excluding hydrogens is 495 g/mol. The Morgan fingerprint density at radius 1 is 1.26 bits per heavy atom. The third kappa shape index (κ3) is 4.53. The lowest BCUT2D eigenvalue weighted by molar-refractivity contribution is -0.118. The number of amides is 1. The van der Waals surface area contributed by atoms with Gasteiger partial charge in [-0.05, 0) is 53.1 Å². The van der Waals surface area contributed by atoms with Crippen molar-refractivity contribution >= 4 is 61.0 Å². The molecule has 8 heteroatoms. The minimum Gasteiger partial charge on any atom is -0.316 e. The van der Waals surface area contributed by atoms with Crippen LogP contribution in [0.5, 0.6) is 0 Å². The van der Waals surface area contributed by atoms with Crippen LogP contribution in [0.2, 0.25) is 0 Å². The smallest absolute Gasteiger partial charge is 0.248 e. The van der Waals surface area contributed by atoms with Crippen molar-refractivity contribution in [2.75, 3.05) is 16.4 Å². The van der Waals surface area contributed by atoms with Crippen LogP contribution in [-0.4, -0.2) is 42.3 Å². The zero-order valence-electron chi connectivity index (χ0n) is 15.0. The highest BCUT2D eigenvalue weighted by atomic mass is 127. The maximum absolute atomic E-state index is 12.5. The van der Waals surface area contributed by atoms with Gasteiger partial charge in [-0.25, -0.2) is 8.42 Å². The van der Waals surface area contributed by atoms with Crippen LogP contribution in [0.3, 0.4) is 0 Å². The fourth-order valence-corrected chi connectivity index (χ4v) is 8.74. The van der Waals surface area contributed by atoms with E-state index in [0.717, 1.165) is 15.7 Å². The second-order valence-corrected chi connectivity index (χ2v) is 12.2. The monoisotopic (exact) mass is 518 g/mol. The molecule has 1 aromatic rings. The van der Waals surface area contributed by atoms with Crippen molar-refractivity contribution in [3.63, 3.8) is 0 Å². The molecule has 1 aromatic carbocycles. The Morgan fingerprint density at radius 2 is 2.04 bits per heavy atom. The summed E-state index contributed by atoms with van der Waals surface area (Å²) < 4.78 is 25.3. The topological polar surface area (TPSA) is 66.8 Å². The molecule has 1 aliphatic carbocycles. The van der Waals surface area contributed by atoms with Crippen LogP contribution in [0.15, 0.2) is 29.3 Å². The standard InChI is InChI=1S/C19H23IN2O3S2/c20-14-6-3-7-15(10-14)22-16-11-27(24,25)12-17(16)26-19(22)21-18(23)9-8-13-4-1-2-5-13/h3,6-7,10,13,16-17H,1-2,4-5,8-9,11-12H2/t16-,17-/m1/s1. The number of halogens is 1. The molecule has 0 spiro atoms. The summed E-state index contributed by atoms with van der Waals surface area (Å²) in [6, 6.07) is 7.80. The first-order valence-electron chi connectivity index (χ1n) is 9.45. The van der Waals surface area contributed by atoms with Crippen molar-refractivity contribution in [3.05, 3.63) is 27.8 Å². The summed E-state index contributed by atoms with van der Waals surface area (Å²) in [7, 11) is -3.03. The zero-order chi connectivity index (χ0) is 19.0. The Hall–Kier alpha value is -0.610. The predicted octanol–water partition coefficient (Wildman–Crippen LogP) is 3.86. The first-order valence-corrected chi connectivity index (χ1v) is 13.2. The van der Waals surface area contributed by atoms with Gasteiger partial charge in [-0.1, -0.05) is 43.5 Å². The van der Waals surface area contributed by atoms with Crippen LogP contribution in [-0.2, 0) is 14.6 Å². The average Bonchev–Trinajstić information content (AvgIpc) is 3.27. The lowest BCUT2D eigenvalue weighted by atomic mass is 10.0. The number of rotatable bonds is 4. The van der Waals surface area contributed by atoms with Crippen LogP contribution in [0.1, 0.15) is 38.5 Å². The summed E-state index contributed by atoms with van der Waals surface area (Å²) in [5.74, 6) is 0.883. The molecule has 0 N–H and O–H groups in total. The fourth-order valence-electron chi connectivity index (χ4n) is 4.28. The molecule has 4 rings (SSSR count). The second kappa shape index (κ2) is 8.02. The van der Waals surface area contributed by atoms with Crippen LogP contribution in [0, 0.1) is 9.49 Å². The number of amidine groups is 1. The molecule has 2 heterocycles. The molecule has 0 unspecified atom stereocenters. The minimum atomic E-state index is -3.03. The van der Waals surface area contributed by atoms with Crippen LogP contribution >= 0.6 is 34.4 Å². The number of nitrogens with zero attached hydrogens (tertiary/aromatic N) is 2. The Labute approximate surface area is 178 Å². The van der Waals surface area contributed by atoms with Gasteiger partial charge in [0.1, 0.15) is 0 Å². The lowest BCUT2D eigenvalue weighted by Gasteiger charge is -2.24. The molecule has 0 aromatic heterocycles. The number of thioether (sulfide) groups is 1. The van der Waals surface area contributed by atoms with Gasteiger partial charge in [-0.2, -0.15) is 4.99 Å². The Balaban J connectivity index is 1.55. The SMILES string of the molecule is O=C(CCC1CCCC1)N=C1S[C@@H]2CS(=O)(=O)C[C@H]2N1c1cccc(I)c1. The molecule has 1 saturated carbocycles. The fraction of sp³-hybridized carbons (Fsp3) is 0.579. The molecule has 3 aliphatic rings. The van der Waals surface area contributed by atoms with Crippen molar-refractivity contribution in [2.45, 2.75) is 49.8 Å². The summed E-state index contributed by atoms with van der Waals surface area (Å²) >= 11 is 3.70. The molecule has 0 radical (unpaired) electrons. The van der Waals surface area contributed by atoms with E-state index in [-0.39, 0.29) is 28.7 Å². The largest absolute Gasteiger partial charge is 0.316 e. The number of hydrogen-bond acceptors (Lipinski definition) is 4. The van der Waals surface area contributed by atoms with E-state index in [1.807, 2.05) is 29.2 Å². The summed E-state index contributed by atoms with van der Waals surface area (Å²) in [6.45, 7) is 0. The summed E-state index contributed by atoms with van der Waals surface area (Å²) in [5, 5.41) is 0.618. The van der Waals surface area contributed by atoms with Gasteiger partial charge in [0.15, 0.2) is 15.0 Å². The summed E-state index contributed by atoms with van der Waals surface area (Å²) in [4.78, 5) is 18.9. The van der Waals surface area contributed by atoms with Crippen molar-refractivity contribution in [1.29, 1.82) is 0 Å². The number of aliphatic imine (C=N–C) groups is 1. The van der Waals surface area contributed by atoms with Crippen molar-refractivity contribution < 1.29 is 13.2 Å². The van der Waals surface area contributed by atoms with Gasteiger partial charge in [-0.3, -0.25) is 4.79 Å². The normalized spacial score (nSPS) is 28.8. The highest BCUT2D eigenvalue weighted by molar-refractivity contribution is 14.1. The molecule has 0 bridgehead atoms. The molecule has 5 nitrogen and oxygen atoms in total. The van der Waals surface area contributed by atoms with Crippen LogP contribution in [0.4, 0.5) is 5.69 Å². The maximum atomic E-state index is 12.5. The average molecular weight is 518 g/mol. The third-order valence-corrected chi connectivity index (χ3v) is 9.50. The van der Waals surface area contributed by atoms with Gasteiger partial charge in [0.05, 0.1) is 17.5 Å².